The predicted octanol–water partition coefficient (Wildman–Crippen LogP) is 4.54. The zero-order valence-electron chi connectivity index (χ0n) is 8.14. The van der Waals surface area contributed by atoms with Gasteiger partial charge in [0.05, 0.1) is 0 Å². The molecule has 0 aromatic heterocycles. The second kappa shape index (κ2) is 3.93. The molecule has 80 valence electrons. The van der Waals surface area contributed by atoms with E-state index in [4.69, 9.17) is 11.6 Å². The van der Waals surface area contributed by atoms with Gasteiger partial charge >= 0.3 is 0 Å². The molecule has 0 radical (unpaired) electrons. The molecule has 0 amide bonds. The van der Waals surface area contributed by atoms with Crippen molar-refractivity contribution in [2.24, 2.45) is 0 Å². The van der Waals surface area contributed by atoms with Crippen LogP contribution in [0.1, 0.15) is 24.8 Å². The SMILES string of the molecule is FC1(F)CC=C(c2ccc(Cl)cc2)CC1. The monoisotopic (exact) mass is 228 g/mol. The van der Waals surface area contributed by atoms with Crippen LogP contribution in [0.3, 0.4) is 0 Å². The Kier molecular flexibility index (Phi) is 2.79. The number of benzene rings is 1. The van der Waals surface area contributed by atoms with Crippen LogP contribution >= 0.6 is 11.6 Å². The topological polar surface area (TPSA) is 0 Å². The van der Waals surface area contributed by atoms with Crippen molar-refractivity contribution in [3.63, 3.8) is 0 Å². The van der Waals surface area contributed by atoms with E-state index in [9.17, 15) is 8.78 Å². The highest BCUT2D eigenvalue weighted by Gasteiger charge is 2.30. The molecule has 1 aliphatic carbocycles. The van der Waals surface area contributed by atoms with Crippen LogP contribution in [0.4, 0.5) is 8.78 Å². The first kappa shape index (κ1) is 10.6. The Morgan fingerprint density at radius 3 is 2.33 bits per heavy atom. The number of hydrogen-bond acceptors (Lipinski definition) is 0. The molecular formula is C12H11ClF2. The van der Waals surface area contributed by atoms with Gasteiger partial charge in [-0.1, -0.05) is 29.8 Å². The molecular weight excluding hydrogens is 218 g/mol. The number of allylic oxidation sites excluding steroid dienone is 2. The number of hydrogen-bond donors (Lipinski definition) is 0. The van der Waals surface area contributed by atoms with Crippen LogP contribution in [0.15, 0.2) is 30.3 Å². The van der Waals surface area contributed by atoms with Crippen molar-refractivity contribution in [1.29, 1.82) is 0 Å². The van der Waals surface area contributed by atoms with Crippen molar-refractivity contribution in [2.75, 3.05) is 0 Å². The smallest absolute Gasteiger partial charge is 0.207 e. The molecule has 2 rings (SSSR count). The summed E-state index contributed by atoms with van der Waals surface area (Å²) in [6.07, 6.45) is 1.87. The first-order valence-corrected chi connectivity index (χ1v) is 5.27. The molecule has 3 heteroatoms. The van der Waals surface area contributed by atoms with E-state index in [0.29, 0.717) is 11.4 Å². The highest BCUT2D eigenvalue weighted by molar-refractivity contribution is 6.30. The fraction of sp³-hybridized carbons (Fsp3) is 0.333. The molecule has 1 aliphatic rings. The third-order valence-electron chi connectivity index (χ3n) is 2.62. The average molecular weight is 229 g/mol. The molecule has 1 aromatic carbocycles. The van der Waals surface area contributed by atoms with E-state index in [1.807, 2.05) is 12.1 Å². The van der Waals surface area contributed by atoms with E-state index in [1.54, 1.807) is 18.2 Å². The summed E-state index contributed by atoms with van der Waals surface area (Å²) < 4.78 is 25.8. The van der Waals surface area contributed by atoms with Crippen LogP contribution in [0.25, 0.3) is 5.57 Å². The molecule has 0 heterocycles. The fourth-order valence-corrected chi connectivity index (χ4v) is 1.85. The van der Waals surface area contributed by atoms with Gasteiger partial charge in [0.15, 0.2) is 0 Å². The number of alkyl halides is 2. The highest BCUT2D eigenvalue weighted by atomic mass is 35.5. The van der Waals surface area contributed by atoms with Crippen LogP contribution in [0, 0.1) is 0 Å². The molecule has 0 spiro atoms. The second-order valence-electron chi connectivity index (χ2n) is 3.80. The van der Waals surface area contributed by atoms with Gasteiger partial charge in [-0.25, -0.2) is 8.78 Å². The summed E-state index contributed by atoms with van der Waals surface area (Å²) in [7, 11) is 0. The highest BCUT2D eigenvalue weighted by Crippen LogP contribution is 2.36. The van der Waals surface area contributed by atoms with Gasteiger partial charge < -0.3 is 0 Å². The van der Waals surface area contributed by atoms with E-state index in [0.717, 1.165) is 11.1 Å². The largest absolute Gasteiger partial charge is 0.251 e. The normalized spacial score (nSPS) is 19.8. The minimum absolute atomic E-state index is 0.0541. The van der Waals surface area contributed by atoms with E-state index < -0.39 is 5.92 Å². The van der Waals surface area contributed by atoms with Crippen molar-refractivity contribution in [3.05, 3.63) is 40.9 Å². The molecule has 0 N–H and O–H groups in total. The molecule has 0 fully saturated rings. The lowest BCUT2D eigenvalue weighted by Crippen LogP contribution is -2.18. The van der Waals surface area contributed by atoms with Crippen molar-refractivity contribution in [2.45, 2.75) is 25.2 Å². The molecule has 15 heavy (non-hydrogen) atoms. The van der Waals surface area contributed by atoms with Gasteiger partial charge in [0, 0.05) is 17.9 Å². The van der Waals surface area contributed by atoms with Crippen LogP contribution in [-0.4, -0.2) is 5.92 Å². The maximum atomic E-state index is 12.9. The molecule has 0 nitrogen and oxygen atoms in total. The Morgan fingerprint density at radius 1 is 1.13 bits per heavy atom. The van der Waals surface area contributed by atoms with Gasteiger partial charge in [0.2, 0.25) is 0 Å². The molecule has 0 saturated carbocycles. The molecule has 0 saturated heterocycles. The van der Waals surface area contributed by atoms with Crippen LogP contribution in [-0.2, 0) is 0 Å². The van der Waals surface area contributed by atoms with Gasteiger partial charge in [-0.3, -0.25) is 0 Å². The Bertz CT molecular complexity index is 379. The van der Waals surface area contributed by atoms with Crippen molar-refractivity contribution in [3.8, 4) is 0 Å². The third kappa shape index (κ3) is 2.57. The van der Waals surface area contributed by atoms with Crippen molar-refractivity contribution >= 4 is 17.2 Å². The second-order valence-corrected chi connectivity index (χ2v) is 4.23. The Morgan fingerprint density at radius 2 is 1.80 bits per heavy atom. The summed E-state index contributed by atoms with van der Waals surface area (Å²) in [4.78, 5) is 0. The lowest BCUT2D eigenvalue weighted by molar-refractivity contribution is -0.00602. The first-order valence-electron chi connectivity index (χ1n) is 4.90. The Balaban J connectivity index is 2.19. The fourth-order valence-electron chi connectivity index (χ4n) is 1.72. The third-order valence-corrected chi connectivity index (χ3v) is 2.87. The summed E-state index contributed by atoms with van der Waals surface area (Å²) in [6.45, 7) is 0. The summed E-state index contributed by atoms with van der Waals surface area (Å²) in [5, 5.41) is 0.667. The number of rotatable bonds is 1. The summed E-state index contributed by atoms with van der Waals surface area (Å²) in [6, 6.07) is 7.31. The summed E-state index contributed by atoms with van der Waals surface area (Å²) in [5.74, 6) is -2.52. The standard InChI is InChI=1S/C12H11ClF2/c13-11-3-1-9(2-4-11)10-5-7-12(14,15)8-6-10/h1-5H,6-8H2. The minimum Gasteiger partial charge on any atom is -0.207 e. The zero-order valence-corrected chi connectivity index (χ0v) is 8.90. The van der Waals surface area contributed by atoms with Crippen molar-refractivity contribution < 1.29 is 8.78 Å². The molecule has 0 bridgehead atoms. The van der Waals surface area contributed by atoms with E-state index in [2.05, 4.69) is 0 Å². The van der Waals surface area contributed by atoms with Gasteiger partial charge in [-0.2, -0.15) is 0 Å². The lowest BCUT2D eigenvalue weighted by atomic mass is 9.91. The molecule has 0 aliphatic heterocycles. The van der Waals surface area contributed by atoms with E-state index in [-0.39, 0.29) is 12.8 Å². The first-order chi connectivity index (χ1) is 7.07. The molecule has 1 aromatic rings. The maximum absolute atomic E-state index is 12.9. The lowest BCUT2D eigenvalue weighted by Gasteiger charge is -2.21. The van der Waals surface area contributed by atoms with E-state index in [1.165, 1.54) is 0 Å². The quantitative estimate of drug-likeness (QED) is 0.662. The summed E-state index contributed by atoms with van der Waals surface area (Å²) >= 11 is 5.76. The molecule has 0 atom stereocenters. The van der Waals surface area contributed by atoms with Gasteiger partial charge in [0.1, 0.15) is 0 Å². The van der Waals surface area contributed by atoms with E-state index >= 15 is 0 Å². The molecule has 0 unspecified atom stereocenters. The van der Waals surface area contributed by atoms with Gasteiger partial charge in [0.25, 0.3) is 5.92 Å². The van der Waals surface area contributed by atoms with Crippen LogP contribution in [0.2, 0.25) is 5.02 Å². The Hall–Kier alpha value is -0.890. The predicted molar refractivity (Wildman–Crippen MR) is 58.2 cm³/mol. The van der Waals surface area contributed by atoms with Crippen molar-refractivity contribution in [1.82, 2.24) is 0 Å². The number of halogens is 3. The Labute approximate surface area is 92.6 Å². The van der Waals surface area contributed by atoms with Gasteiger partial charge in [-0.15, -0.1) is 0 Å². The van der Waals surface area contributed by atoms with Crippen LogP contribution in [0.5, 0.6) is 0 Å². The zero-order chi connectivity index (χ0) is 10.9. The van der Waals surface area contributed by atoms with Gasteiger partial charge in [-0.05, 0) is 29.7 Å². The maximum Gasteiger partial charge on any atom is 0.251 e. The average Bonchev–Trinajstić information content (AvgIpc) is 2.20. The minimum atomic E-state index is -2.52. The van der Waals surface area contributed by atoms with Crippen LogP contribution < -0.4 is 0 Å². The summed E-state index contributed by atoms with van der Waals surface area (Å²) in [5.41, 5.74) is 1.99.